The average molecular weight is 862 g/mol. The molecule has 0 saturated carbocycles. The van der Waals surface area contributed by atoms with Gasteiger partial charge in [-0.1, -0.05) is 182 Å². The second-order valence-electron chi connectivity index (χ2n) is 17.9. The van der Waals surface area contributed by atoms with Crippen LogP contribution in [0.2, 0.25) is 0 Å². The Morgan fingerprint density at radius 1 is 0.448 bits per heavy atom. The van der Waals surface area contributed by atoms with Gasteiger partial charge in [-0.25, -0.2) is 0 Å². The third kappa shape index (κ3) is 8.49. The first-order valence-electron chi connectivity index (χ1n) is 23.0. The van der Waals surface area contributed by atoms with Crippen molar-refractivity contribution in [2.45, 2.75) is 25.7 Å². The summed E-state index contributed by atoms with van der Waals surface area (Å²) in [7, 11) is 1.71. The molecule has 321 valence electrons. The second-order valence-corrected chi connectivity index (χ2v) is 17.9. The molecule has 2 aliphatic rings. The van der Waals surface area contributed by atoms with E-state index in [1.54, 1.807) is 7.11 Å². The molecule has 0 amide bonds. The third-order valence-corrected chi connectivity index (χ3v) is 13.4. The molecule has 0 saturated heterocycles. The lowest BCUT2D eigenvalue weighted by Crippen LogP contribution is -2.20. The first-order valence-corrected chi connectivity index (χ1v) is 23.0. The minimum Gasteiger partial charge on any atom is -0.497 e. The van der Waals surface area contributed by atoms with Crippen molar-refractivity contribution in [1.82, 2.24) is 9.97 Å². The standard InChI is InChI=1S/C64H49N2O/c1-43-16-18-47(19-17-43)62-32-26-49(41-65-62)57-11-5-8-14-60(57)52-38-51(59-13-7-4-10-56(59)46-34-36-64(2,37-35-46)54-28-30-55(67-3)31-29-54)39-53(40-52)61-15-9-6-12-58(61)50-27-33-63(66-42-50)48-24-22-45(23-25-48)44-20-21-44/h4-36,38-42H,37H2,1-3H3. The summed E-state index contributed by atoms with van der Waals surface area (Å²) < 4.78 is 5.46. The summed E-state index contributed by atoms with van der Waals surface area (Å²) in [6.45, 7) is 4.42. The fourth-order valence-electron chi connectivity index (χ4n) is 9.41. The van der Waals surface area contributed by atoms with Crippen LogP contribution in [0.3, 0.4) is 0 Å². The van der Waals surface area contributed by atoms with Gasteiger partial charge < -0.3 is 4.74 Å². The first-order chi connectivity index (χ1) is 32.9. The van der Waals surface area contributed by atoms with Crippen molar-refractivity contribution >= 4 is 11.1 Å². The summed E-state index contributed by atoms with van der Waals surface area (Å²) in [6.07, 6.45) is 16.3. The van der Waals surface area contributed by atoms with E-state index in [1.165, 1.54) is 39.0 Å². The van der Waals surface area contributed by atoms with Crippen molar-refractivity contribution in [2.24, 2.45) is 0 Å². The highest BCUT2D eigenvalue weighted by molar-refractivity contribution is 5.94. The van der Waals surface area contributed by atoms with Crippen LogP contribution in [0.5, 0.6) is 5.75 Å². The molecule has 0 fully saturated rings. The molecule has 67 heavy (non-hydrogen) atoms. The normalized spacial score (nSPS) is 15.1. The van der Waals surface area contributed by atoms with Gasteiger partial charge in [0.2, 0.25) is 0 Å². The number of aryl methyl sites for hydroxylation is 1. The molecule has 1 radical (unpaired) electrons. The van der Waals surface area contributed by atoms with Crippen LogP contribution >= 0.6 is 0 Å². The quantitative estimate of drug-likeness (QED) is 0.130. The fraction of sp³-hybridized carbons (Fsp3) is 0.0781. The molecule has 2 heterocycles. The lowest BCUT2D eigenvalue weighted by molar-refractivity contribution is 0.414. The van der Waals surface area contributed by atoms with Gasteiger partial charge in [0, 0.05) is 46.5 Å². The molecule has 0 aliphatic heterocycles. The molecule has 3 nitrogen and oxygen atoms in total. The zero-order valence-electron chi connectivity index (χ0n) is 37.9. The third-order valence-electron chi connectivity index (χ3n) is 13.4. The number of nitrogens with zero attached hydrogens (tertiary/aromatic N) is 2. The Morgan fingerprint density at radius 3 is 1.31 bits per heavy atom. The Kier molecular flexibility index (Phi) is 11.0. The van der Waals surface area contributed by atoms with Crippen LogP contribution in [-0.4, -0.2) is 17.1 Å². The van der Waals surface area contributed by atoms with E-state index in [-0.39, 0.29) is 5.41 Å². The Hall–Kier alpha value is -8.14. The predicted molar refractivity (Wildman–Crippen MR) is 279 cm³/mol. The van der Waals surface area contributed by atoms with Crippen molar-refractivity contribution in [3.8, 4) is 83.9 Å². The van der Waals surface area contributed by atoms with E-state index >= 15 is 0 Å². The van der Waals surface area contributed by atoms with E-state index < -0.39 is 0 Å². The maximum atomic E-state index is 5.46. The zero-order chi connectivity index (χ0) is 45.3. The van der Waals surface area contributed by atoms with E-state index in [2.05, 4.69) is 233 Å². The highest BCUT2D eigenvalue weighted by atomic mass is 16.5. The Morgan fingerprint density at radius 2 is 0.881 bits per heavy atom. The maximum Gasteiger partial charge on any atom is 0.118 e. The molecule has 1 unspecified atom stereocenters. The number of aromatic nitrogens is 2. The Balaban J connectivity index is 1.01. The summed E-state index contributed by atoms with van der Waals surface area (Å²) in [5, 5.41) is 0. The van der Waals surface area contributed by atoms with E-state index in [4.69, 9.17) is 14.7 Å². The largest absolute Gasteiger partial charge is 0.497 e. The van der Waals surface area contributed by atoms with Crippen LogP contribution in [0.4, 0.5) is 0 Å². The number of allylic oxidation sites excluding steroid dienone is 6. The summed E-state index contributed by atoms with van der Waals surface area (Å²) >= 11 is 0. The lowest BCUT2D eigenvalue weighted by atomic mass is 9.75. The number of hydrogen-bond donors (Lipinski definition) is 0. The van der Waals surface area contributed by atoms with Gasteiger partial charge in [0.25, 0.3) is 0 Å². The highest BCUT2D eigenvalue weighted by Crippen LogP contribution is 2.44. The minimum absolute atomic E-state index is 0.122. The lowest BCUT2D eigenvalue weighted by Gasteiger charge is -2.29. The zero-order valence-corrected chi connectivity index (χ0v) is 37.9. The van der Waals surface area contributed by atoms with Gasteiger partial charge in [-0.05, 0) is 128 Å². The fourth-order valence-corrected chi connectivity index (χ4v) is 9.41. The van der Waals surface area contributed by atoms with Crippen LogP contribution in [0.1, 0.15) is 35.6 Å². The first kappa shape index (κ1) is 41.6. The SMILES string of the molecule is COc1ccc(C2(C)C=CC(c3ccccc3-c3cc(-c4ccccc4-c4ccc(-c5ccc(C)cc5)nc4)cc(-c4ccccc4-c4ccc(-c5ccc(C6=C[CH]6)cc5)nc4)c3)=CC2)cc1. The maximum absolute atomic E-state index is 5.46. The van der Waals surface area contributed by atoms with Gasteiger partial charge in [-0.15, -0.1) is 0 Å². The number of pyridine rings is 2. The molecule has 11 rings (SSSR count). The number of benzene rings is 7. The number of hydrogen-bond acceptors (Lipinski definition) is 3. The topological polar surface area (TPSA) is 35.0 Å². The molecular weight excluding hydrogens is 813 g/mol. The van der Waals surface area contributed by atoms with E-state index in [9.17, 15) is 0 Å². The van der Waals surface area contributed by atoms with Gasteiger partial charge in [0.05, 0.1) is 18.5 Å². The van der Waals surface area contributed by atoms with Crippen molar-refractivity contribution < 1.29 is 4.74 Å². The van der Waals surface area contributed by atoms with E-state index in [1.807, 2.05) is 12.4 Å². The summed E-state index contributed by atoms with van der Waals surface area (Å²) in [5.41, 5.74) is 22.8. The van der Waals surface area contributed by atoms with Crippen molar-refractivity contribution in [3.05, 3.63) is 253 Å². The second kappa shape index (κ2) is 17.7. The van der Waals surface area contributed by atoms with Gasteiger partial charge in [0.1, 0.15) is 5.75 Å². The molecule has 2 aromatic heterocycles. The van der Waals surface area contributed by atoms with Crippen LogP contribution < -0.4 is 4.74 Å². The molecule has 9 aromatic rings. The molecular formula is C64H49N2O. The molecule has 1 atom stereocenters. The van der Waals surface area contributed by atoms with Crippen LogP contribution in [-0.2, 0) is 5.41 Å². The molecule has 2 aliphatic carbocycles. The average Bonchev–Trinajstić information content (AvgIpc) is 4.26. The number of ether oxygens (including phenoxy) is 1. The van der Waals surface area contributed by atoms with Crippen LogP contribution in [0.25, 0.3) is 89.3 Å². The van der Waals surface area contributed by atoms with Gasteiger partial charge in [0.15, 0.2) is 0 Å². The van der Waals surface area contributed by atoms with Crippen molar-refractivity contribution in [1.29, 1.82) is 0 Å². The number of methoxy groups -OCH3 is 1. The monoisotopic (exact) mass is 861 g/mol. The predicted octanol–water partition coefficient (Wildman–Crippen LogP) is 16.4. The molecule has 3 heteroatoms. The minimum atomic E-state index is -0.122. The molecule has 0 bridgehead atoms. The Bertz CT molecular complexity index is 3360. The molecule has 7 aromatic carbocycles. The van der Waals surface area contributed by atoms with Crippen molar-refractivity contribution in [2.75, 3.05) is 7.11 Å². The van der Waals surface area contributed by atoms with Gasteiger partial charge in [-0.3, -0.25) is 9.97 Å². The Labute approximate surface area is 394 Å². The highest BCUT2D eigenvalue weighted by Gasteiger charge is 2.26. The van der Waals surface area contributed by atoms with Crippen LogP contribution in [0.15, 0.2) is 225 Å². The number of rotatable bonds is 11. The van der Waals surface area contributed by atoms with Crippen LogP contribution in [0, 0.1) is 13.3 Å². The summed E-state index contributed by atoms with van der Waals surface area (Å²) in [5.74, 6) is 0.869. The molecule has 0 N–H and O–H groups in total. The smallest absolute Gasteiger partial charge is 0.118 e. The molecule has 0 spiro atoms. The summed E-state index contributed by atoms with van der Waals surface area (Å²) in [6, 6.07) is 67.8. The van der Waals surface area contributed by atoms with E-state index in [0.29, 0.717) is 0 Å². The van der Waals surface area contributed by atoms with E-state index in [0.717, 1.165) is 84.8 Å². The van der Waals surface area contributed by atoms with Gasteiger partial charge in [-0.2, -0.15) is 0 Å². The van der Waals surface area contributed by atoms with Gasteiger partial charge >= 0.3 is 0 Å². The van der Waals surface area contributed by atoms with Crippen molar-refractivity contribution in [3.63, 3.8) is 0 Å². The summed E-state index contributed by atoms with van der Waals surface area (Å²) in [4.78, 5) is 9.99.